The summed E-state index contributed by atoms with van der Waals surface area (Å²) in [7, 11) is -4.41. The quantitative estimate of drug-likeness (QED) is 0.0182. The molecule has 3 atom stereocenters. The summed E-state index contributed by atoms with van der Waals surface area (Å²) < 4.78 is 32.6. The Morgan fingerprint density at radius 1 is 0.667 bits per heavy atom. The molecule has 0 amide bonds. The molecule has 0 aliphatic carbocycles. The number of phosphoric acid groups is 1. The van der Waals surface area contributed by atoms with Gasteiger partial charge in [-0.3, -0.25) is 18.6 Å². The van der Waals surface area contributed by atoms with E-state index in [4.69, 9.17) is 24.3 Å². The number of carbonyl (C=O) groups excluding carboxylic acids is 2. The highest BCUT2D eigenvalue weighted by Gasteiger charge is 2.25. The molecular weight excluding hydrogens is 705 g/mol. The Morgan fingerprint density at radius 3 is 1.87 bits per heavy atom. The van der Waals surface area contributed by atoms with Crippen LogP contribution >= 0.6 is 7.82 Å². The Bertz CT molecular complexity index is 1130. The molecule has 0 fully saturated rings. The zero-order chi connectivity index (χ0) is 39.8. The predicted molar refractivity (Wildman–Crippen MR) is 221 cm³/mol. The molecule has 0 saturated heterocycles. The van der Waals surface area contributed by atoms with Crippen LogP contribution in [0.5, 0.6) is 0 Å². The van der Waals surface area contributed by atoms with Crippen molar-refractivity contribution in [2.45, 2.75) is 161 Å². The van der Waals surface area contributed by atoms with Gasteiger partial charge in [0.05, 0.1) is 19.3 Å². The first-order chi connectivity index (χ1) is 26.2. The second-order valence-corrected chi connectivity index (χ2v) is 14.8. The SMILES string of the molecule is CC/C=C\C/C=C\CC(O)/C=C/C=C\C/C=C\C/C=C\CCC(=O)O[C@H](COC(=O)CCCCCCCCCCCCCCC)COP(=O)(O)OCCN. The fourth-order valence-corrected chi connectivity index (χ4v) is 5.92. The molecule has 54 heavy (non-hydrogen) atoms. The molecule has 0 spiro atoms. The van der Waals surface area contributed by atoms with E-state index in [1.807, 2.05) is 48.6 Å². The number of hydrogen-bond acceptors (Lipinski definition) is 9. The van der Waals surface area contributed by atoms with Gasteiger partial charge in [-0.1, -0.05) is 164 Å². The minimum atomic E-state index is -4.41. The summed E-state index contributed by atoms with van der Waals surface area (Å²) in [6.07, 6.45) is 42.6. The molecule has 0 saturated carbocycles. The topological polar surface area (TPSA) is 155 Å². The summed E-state index contributed by atoms with van der Waals surface area (Å²) in [5, 5.41) is 9.99. The molecule has 0 rings (SSSR count). The van der Waals surface area contributed by atoms with Crippen LogP contribution in [0.15, 0.2) is 72.9 Å². The van der Waals surface area contributed by atoms with E-state index in [0.717, 1.165) is 32.1 Å². The fourth-order valence-electron chi connectivity index (χ4n) is 5.16. The van der Waals surface area contributed by atoms with Gasteiger partial charge in [0.15, 0.2) is 6.10 Å². The van der Waals surface area contributed by atoms with E-state index in [2.05, 4.69) is 32.1 Å². The molecular formula is C43H74NO9P. The average molecular weight is 780 g/mol. The van der Waals surface area contributed by atoms with Gasteiger partial charge in [0.1, 0.15) is 6.61 Å². The van der Waals surface area contributed by atoms with Gasteiger partial charge < -0.3 is 25.2 Å². The Balaban J connectivity index is 4.39. The molecule has 0 radical (unpaired) electrons. The summed E-state index contributed by atoms with van der Waals surface area (Å²) in [6, 6.07) is 0. The maximum Gasteiger partial charge on any atom is 0.472 e. The predicted octanol–water partition coefficient (Wildman–Crippen LogP) is 10.5. The number of esters is 2. The van der Waals surface area contributed by atoms with E-state index in [-0.39, 0.29) is 32.6 Å². The van der Waals surface area contributed by atoms with Crippen molar-refractivity contribution in [2.75, 3.05) is 26.4 Å². The van der Waals surface area contributed by atoms with Crippen molar-refractivity contribution < 1.29 is 42.7 Å². The zero-order valence-corrected chi connectivity index (χ0v) is 34.4. The molecule has 0 aliphatic heterocycles. The lowest BCUT2D eigenvalue weighted by Gasteiger charge is -2.19. The molecule has 2 unspecified atom stereocenters. The minimum absolute atomic E-state index is 0.0310. The number of unbranched alkanes of at least 4 members (excludes halogenated alkanes) is 12. The molecule has 0 aromatic rings. The van der Waals surface area contributed by atoms with Crippen LogP contribution in [-0.2, 0) is 32.7 Å². The molecule has 0 aromatic heterocycles. The third-order valence-electron chi connectivity index (χ3n) is 8.20. The first kappa shape index (κ1) is 51.4. The van der Waals surface area contributed by atoms with Gasteiger partial charge in [0.2, 0.25) is 0 Å². The summed E-state index contributed by atoms with van der Waals surface area (Å²) in [5.74, 6) is -0.961. The molecule has 310 valence electrons. The highest BCUT2D eigenvalue weighted by Crippen LogP contribution is 2.43. The van der Waals surface area contributed by atoms with E-state index in [1.54, 1.807) is 6.08 Å². The van der Waals surface area contributed by atoms with Crippen molar-refractivity contribution in [1.82, 2.24) is 0 Å². The lowest BCUT2D eigenvalue weighted by molar-refractivity contribution is -0.161. The zero-order valence-electron chi connectivity index (χ0n) is 33.5. The number of hydrogen-bond donors (Lipinski definition) is 3. The van der Waals surface area contributed by atoms with Crippen molar-refractivity contribution in [3.63, 3.8) is 0 Å². The maximum absolute atomic E-state index is 12.5. The normalized spacial score (nSPS) is 14.7. The van der Waals surface area contributed by atoms with Crippen LogP contribution in [0.3, 0.4) is 0 Å². The highest BCUT2D eigenvalue weighted by molar-refractivity contribution is 7.47. The molecule has 0 aromatic carbocycles. The number of carbonyl (C=O) groups is 2. The number of aliphatic hydroxyl groups is 1. The monoisotopic (exact) mass is 780 g/mol. The van der Waals surface area contributed by atoms with Crippen LogP contribution in [0.1, 0.15) is 149 Å². The van der Waals surface area contributed by atoms with Crippen LogP contribution in [0.25, 0.3) is 0 Å². The average Bonchev–Trinajstić information content (AvgIpc) is 3.15. The Labute approximate surface area is 327 Å². The van der Waals surface area contributed by atoms with Gasteiger partial charge in [0, 0.05) is 19.4 Å². The molecule has 0 bridgehead atoms. The minimum Gasteiger partial charge on any atom is -0.462 e. The standard InChI is InChI=1S/C43H74NO9P/c1-3-5-7-9-11-12-13-14-15-19-22-26-30-34-42(46)50-38-41(39-52-54(48,49)51-37-36-44)53-43(47)35-31-27-23-20-17-16-18-21-25-29-33-40(45)32-28-24-10-8-6-4-2/h6,8,16-17,21,23-25,27-29,33,40-41,45H,3-5,7,9-15,18-20,22,26,30-32,34-39,44H2,1-2H3,(H,48,49)/b8-6-,17-16-,25-21-,27-23-,28-24-,33-29+/t40?,41-/m1/s1. The Hall–Kier alpha value is -2.59. The fraction of sp³-hybridized carbons (Fsp3) is 0.674. The number of nitrogens with two attached hydrogens (primary N) is 1. The maximum atomic E-state index is 12.5. The smallest absolute Gasteiger partial charge is 0.462 e. The van der Waals surface area contributed by atoms with Crippen molar-refractivity contribution in [3.8, 4) is 0 Å². The van der Waals surface area contributed by atoms with E-state index in [0.29, 0.717) is 25.7 Å². The van der Waals surface area contributed by atoms with Crippen LogP contribution in [0.4, 0.5) is 0 Å². The molecule has 10 nitrogen and oxygen atoms in total. The second kappa shape index (κ2) is 38.7. The Morgan fingerprint density at radius 2 is 1.24 bits per heavy atom. The van der Waals surface area contributed by atoms with E-state index < -0.39 is 38.6 Å². The summed E-state index contributed by atoms with van der Waals surface area (Å²) in [5.41, 5.74) is 5.33. The number of aliphatic hydroxyl groups excluding tert-OH is 1. The first-order valence-electron chi connectivity index (χ1n) is 20.5. The van der Waals surface area contributed by atoms with Gasteiger partial charge in [-0.15, -0.1) is 0 Å². The van der Waals surface area contributed by atoms with Crippen LogP contribution in [-0.4, -0.2) is 60.5 Å². The third-order valence-corrected chi connectivity index (χ3v) is 9.18. The van der Waals surface area contributed by atoms with Gasteiger partial charge >= 0.3 is 19.8 Å². The summed E-state index contributed by atoms with van der Waals surface area (Å²) in [4.78, 5) is 34.7. The number of rotatable bonds is 37. The van der Waals surface area contributed by atoms with Gasteiger partial charge in [-0.2, -0.15) is 0 Å². The van der Waals surface area contributed by atoms with Gasteiger partial charge in [-0.05, 0) is 44.9 Å². The van der Waals surface area contributed by atoms with Crippen molar-refractivity contribution in [2.24, 2.45) is 5.73 Å². The Kier molecular flexibility index (Phi) is 36.8. The second-order valence-electron chi connectivity index (χ2n) is 13.3. The molecule has 0 aliphatic rings. The van der Waals surface area contributed by atoms with Crippen molar-refractivity contribution in [3.05, 3.63) is 72.9 Å². The van der Waals surface area contributed by atoms with E-state index in [1.165, 1.54) is 64.2 Å². The van der Waals surface area contributed by atoms with Crippen LogP contribution < -0.4 is 5.73 Å². The number of ether oxygens (including phenoxy) is 2. The van der Waals surface area contributed by atoms with Crippen LogP contribution in [0, 0.1) is 0 Å². The number of phosphoric ester groups is 1. The number of allylic oxidation sites excluding steroid dienone is 10. The summed E-state index contributed by atoms with van der Waals surface area (Å²) in [6.45, 7) is 3.43. The molecule has 0 heterocycles. The lowest BCUT2D eigenvalue weighted by atomic mass is 10.0. The lowest BCUT2D eigenvalue weighted by Crippen LogP contribution is -2.29. The molecule has 11 heteroatoms. The van der Waals surface area contributed by atoms with E-state index >= 15 is 0 Å². The first-order valence-corrected chi connectivity index (χ1v) is 22.0. The molecule has 4 N–H and O–H groups in total. The third kappa shape index (κ3) is 37.7. The van der Waals surface area contributed by atoms with E-state index in [9.17, 15) is 24.2 Å². The summed E-state index contributed by atoms with van der Waals surface area (Å²) >= 11 is 0. The largest absolute Gasteiger partial charge is 0.472 e. The van der Waals surface area contributed by atoms with Crippen molar-refractivity contribution >= 4 is 19.8 Å². The highest BCUT2D eigenvalue weighted by atomic mass is 31.2. The van der Waals surface area contributed by atoms with Gasteiger partial charge in [0.25, 0.3) is 0 Å². The van der Waals surface area contributed by atoms with Crippen LogP contribution in [0.2, 0.25) is 0 Å². The van der Waals surface area contributed by atoms with Crippen molar-refractivity contribution in [1.29, 1.82) is 0 Å². The van der Waals surface area contributed by atoms with Gasteiger partial charge in [-0.25, -0.2) is 4.57 Å².